The molecule has 0 radical (unpaired) electrons. The van der Waals surface area contributed by atoms with Crippen molar-refractivity contribution < 1.29 is 18.3 Å². The van der Waals surface area contributed by atoms with Crippen LogP contribution in [0.15, 0.2) is 32.0 Å². The predicted octanol–water partition coefficient (Wildman–Crippen LogP) is 2.03. The van der Waals surface area contributed by atoms with Crippen molar-refractivity contribution in [3.8, 4) is 0 Å². The van der Waals surface area contributed by atoms with Crippen molar-refractivity contribution in [3.63, 3.8) is 0 Å². The molecule has 1 aromatic rings. The van der Waals surface area contributed by atoms with Gasteiger partial charge in [-0.2, -0.15) is 0 Å². The second kappa shape index (κ2) is 6.41. The van der Waals surface area contributed by atoms with Crippen LogP contribution in [0.5, 0.6) is 0 Å². The Balaban J connectivity index is 2.32. The molecule has 0 aromatic heterocycles. The van der Waals surface area contributed by atoms with Crippen molar-refractivity contribution >= 4 is 41.9 Å². The molecule has 112 valence electrons. The maximum Gasteiger partial charge on any atom is 0.242 e. The summed E-state index contributed by atoms with van der Waals surface area (Å²) in [6.07, 6.45) is 0.905. The van der Waals surface area contributed by atoms with Crippen LogP contribution in [0, 0.1) is 0 Å². The summed E-state index contributed by atoms with van der Waals surface area (Å²) in [5.41, 5.74) is -0.848. The molecular formula is C12H15Br2NO4S. The summed E-state index contributed by atoms with van der Waals surface area (Å²) in [5, 5.41) is 9.57. The monoisotopic (exact) mass is 427 g/mol. The summed E-state index contributed by atoms with van der Waals surface area (Å²) < 4.78 is 34.1. The summed E-state index contributed by atoms with van der Waals surface area (Å²) in [4.78, 5) is 0.145. The van der Waals surface area contributed by atoms with E-state index in [0.29, 0.717) is 35.0 Å². The lowest BCUT2D eigenvalue weighted by Crippen LogP contribution is -2.54. The lowest BCUT2D eigenvalue weighted by molar-refractivity contribution is 0.0223. The van der Waals surface area contributed by atoms with E-state index in [-0.39, 0.29) is 11.5 Å². The van der Waals surface area contributed by atoms with E-state index in [9.17, 15) is 13.5 Å². The van der Waals surface area contributed by atoms with Gasteiger partial charge >= 0.3 is 0 Å². The van der Waals surface area contributed by atoms with Crippen molar-refractivity contribution in [2.75, 3.05) is 19.8 Å². The lowest BCUT2D eigenvalue weighted by Gasteiger charge is -2.35. The number of rotatable bonds is 4. The molecule has 1 aliphatic heterocycles. The second-order valence-corrected chi connectivity index (χ2v) is 8.15. The number of benzene rings is 1. The Hall–Kier alpha value is 0.01000. The van der Waals surface area contributed by atoms with Crippen LogP contribution in [0.25, 0.3) is 0 Å². The highest BCUT2D eigenvalue weighted by molar-refractivity contribution is 9.11. The molecule has 0 saturated carbocycles. The van der Waals surface area contributed by atoms with Gasteiger partial charge < -0.3 is 9.84 Å². The van der Waals surface area contributed by atoms with Crippen molar-refractivity contribution in [2.24, 2.45) is 0 Å². The molecule has 0 aliphatic carbocycles. The summed E-state index contributed by atoms with van der Waals surface area (Å²) in [6.45, 7) is 0.618. The number of hydrogen-bond acceptors (Lipinski definition) is 4. The van der Waals surface area contributed by atoms with Crippen LogP contribution in [0.4, 0.5) is 0 Å². The molecule has 1 aliphatic rings. The van der Waals surface area contributed by atoms with Crippen molar-refractivity contribution in [2.45, 2.75) is 23.3 Å². The number of ether oxygens (including phenoxy) is 1. The van der Waals surface area contributed by atoms with Crippen molar-refractivity contribution in [1.82, 2.24) is 4.72 Å². The molecule has 1 aromatic carbocycles. The molecular weight excluding hydrogens is 414 g/mol. The predicted molar refractivity (Wildman–Crippen MR) is 82.0 cm³/mol. The Morgan fingerprint density at radius 2 is 1.95 bits per heavy atom. The van der Waals surface area contributed by atoms with Gasteiger partial charge in [0.15, 0.2) is 0 Å². The lowest BCUT2D eigenvalue weighted by atomic mass is 9.93. The quantitative estimate of drug-likeness (QED) is 0.769. The minimum absolute atomic E-state index is 0.145. The van der Waals surface area contributed by atoms with Crippen LogP contribution >= 0.6 is 31.9 Å². The van der Waals surface area contributed by atoms with Gasteiger partial charge in [0, 0.05) is 22.2 Å². The fourth-order valence-electron chi connectivity index (χ4n) is 2.08. The third kappa shape index (κ3) is 3.61. The Kier molecular flexibility index (Phi) is 5.25. The normalized spacial score (nSPS) is 18.9. The highest BCUT2D eigenvalue weighted by Crippen LogP contribution is 2.28. The van der Waals surface area contributed by atoms with Crippen LogP contribution in [0.3, 0.4) is 0 Å². The summed E-state index contributed by atoms with van der Waals surface area (Å²) in [5.74, 6) is 0. The Morgan fingerprint density at radius 3 is 2.55 bits per heavy atom. The molecule has 0 unspecified atom stereocenters. The maximum atomic E-state index is 12.5. The molecule has 0 atom stereocenters. The second-order valence-electron chi connectivity index (χ2n) is 4.73. The van der Waals surface area contributed by atoms with Crippen molar-refractivity contribution in [3.05, 3.63) is 27.1 Å². The van der Waals surface area contributed by atoms with Crippen LogP contribution in [-0.2, 0) is 14.8 Å². The molecule has 2 rings (SSSR count). The first-order chi connectivity index (χ1) is 9.38. The first kappa shape index (κ1) is 16.4. The van der Waals surface area contributed by atoms with E-state index < -0.39 is 15.6 Å². The molecule has 5 nitrogen and oxygen atoms in total. The van der Waals surface area contributed by atoms with E-state index in [1.165, 1.54) is 6.07 Å². The minimum Gasteiger partial charge on any atom is -0.394 e. The summed E-state index contributed by atoms with van der Waals surface area (Å²) >= 11 is 6.51. The molecule has 0 spiro atoms. The third-order valence-corrected chi connectivity index (χ3v) is 6.35. The maximum absolute atomic E-state index is 12.5. The van der Waals surface area contributed by atoms with Gasteiger partial charge in [-0.15, -0.1) is 0 Å². The van der Waals surface area contributed by atoms with Crippen LogP contribution in [0.1, 0.15) is 12.8 Å². The van der Waals surface area contributed by atoms with E-state index in [4.69, 9.17) is 4.74 Å². The van der Waals surface area contributed by atoms with Gasteiger partial charge in [-0.25, -0.2) is 13.1 Å². The average Bonchev–Trinajstić information content (AvgIpc) is 2.42. The number of nitrogens with one attached hydrogen (secondary N) is 1. The van der Waals surface area contributed by atoms with Crippen LogP contribution in [-0.4, -0.2) is 38.9 Å². The minimum atomic E-state index is -3.73. The standard InChI is InChI=1S/C12H15Br2NO4S/c13-9-1-2-10(14)11(7-9)20(17,18)15-12(8-16)3-5-19-6-4-12/h1-2,7,15-16H,3-6,8H2. The Bertz CT molecular complexity index is 585. The van der Waals surface area contributed by atoms with Gasteiger partial charge in [0.1, 0.15) is 0 Å². The van der Waals surface area contributed by atoms with Gasteiger partial charge in [-0.1, -0.05) is 15.9 Å². The fourth-order valence-corrected chi connectivity index (χ4v) is 5.03. The van der Waals surface area contributed by atoms with Gasteiger partial charge in [0.2, 0.25) is 10.0 Å². The first-order valence-electron chi connectivity index (χ1n) is 6.06. The first-order valence-corrected chi connectivity index (χ1v) is 9.13. The highest BCUT2D eigenvalue weighted by atomic mass is 79.9. The zero-order valence-corrected chi connectivity index (χ0v) is 14.6. The van der Waals surface area contributed by atoms with Gasteiger partial charge in [0.25, 0.3) is 0 Å². The zero-order valence-electron chi connectivity index (χ0n) is 10.6. The van der Waals surface area contributed by atoms with E-state index >= 15 is 0 Å². The average molecular weight is 429 g/mol. The smallest absolute Gasteiger partial charge is 0.242 e. The van der Waals surface area contributed by atoms with Crippen LogP contribution < -0.4 is 4.72 Å². The molecule has 0 amide bonds. The Morgan fingerprint density at radius 1 is 1.30 bits per heavy atom. The molecule has 20 heavy (non-hydrogen) atoms. The molecule has 1 saturated heterocycles. The van der Waals surface area contributed by atoms with Gasteiger partial charge in [-0.05, 0) is 47.0 Å². The molecule has 0 bridgehead atoms. The molecule has 8 heteroatoms. The number of sulfonamides is 1. The van der Waals surface area contributed by atoms with E-state index in [1.54, 1.807) is 12.1 Å². The number of halogens is 2. The topological polar surface area (TPSA) is 75.6 Å². The molecule has 2 N–H and O–H groups in total. The highest BCUT2D eigenvalue weighted by Gasteiger charge is 2.37. The summed E-state index contributed by atoms with van der Waals surface area (Å²) in [6, 6.07) is 4.93. The molecule has 1 fully saturated rings. The summed E-state index contributed by atoms with van der Waals surface area (Å²) in [7, 11) is -3.73. The van der Waals surface area contributed by atoms with Crippen molar-refractivity contribution in [1.29, 1.82) is 0 Å². The molecule has 1 heterocycles. The number of aliphatic hydroxyl groups excluding tert-OH is 1. The van der Waals surface area contributed by atoms with E-state index in [2.05, 4.69) is 36.6 Å². The number of hydrogen-bond donors (Lipinski definition) is 2. The van der Waals surface area contributed by atoms with E-state index in [0.717, 1.165) is 0 Å². The number of aliphatic hydroxyl groups is 1. The van der Waals surface area contributed by atoms with Gasteiger partial charge in [0.05, 0.1) is 17.0 Å². The largest absolute Gasteiger partial charge is 0.394 e. The Labute approximate surface area is 135 Å². The third-order valence-electron chi connectivity index (χ3n) is 3.29. The van der Waals surface area contributed by atoms with Gasteiger partial charge in [-0.3, -0.25) is 0 Å². The fraction of sp³-hybridized carbons (Fsp3) is 0.500. The zero-order chi connectivity index (χ0) is 14.8. The SMILES string of the molecule is O=S(=O)(NC1(CO)CCOCC1)c1cc(Br)ccc1Br. The van der Waals surface area contributed by atoms with Crippen LogP contribution in [0.2, 0.25) is 0 Å². The van der Waals surface area contributed by atoms with E-state index in [1.807, 2.05) is 0 Å².